The number of oxazole rings is 1. The average Bonchev–Trinajstić information content (AvgIpc) is 2.84. The van der Waals surface area contributed by atoms with Gasteiger partial charge in [-0.1, -0.05) is 11.6 Å². The van der Waals surface area contributed by atoms with Gasteiger partial charge in [0.1, 0.15) is 12.3 Å². The number of hydrogen-bond donors (Lipinski definition) is 2. The van der Waals surface area contributed by atoms with Crippen molar-refractivity contribution >= 4 is 29.9 Å². The summed E-state index contributed by atoms with van der Waals surface area (Å²) in [5.41, 5.74) is 2.38. The molecule has 23 heavy (non-hydrogen) atoms. The third-order valence-electron chi connectivity index (χ3n) is 3.59. The summed E-state index contributed by atoms with van der Waals surface area (Å²) in [6.07, 6.45) is 4.22. The van der Waals surface area contributed by atoms with Gasteiger partial charge >= 0.3 is 0 Å². The third-order valence-corrected chi connectivity index (χ3v) is 3.59. The molecule has 0 spiro atoms. The molecule has 1 aromatic heterocycles. The molecule has 0 saturated carbocycles. The largest absolute Gasteiger partial charge is 0.444 e. The van der Waals surface area contributed by atoms with Crippen LogP contribution in [-0.2, 0) is 11.3 Å². The van der Waals surface area contributed by atoms with Crippen LogP contribution in [0.3, 0.4) is 0 Å². The summed E-state index contributed by atoms with van der Waals surface area (Å²) in [5.74, 6) is 2.30. The molecule has 7 heteroatoms. The van der Waals surface area contributed by atoms with Gasteiger partial charge in [-0.3, -0.25) is 0 Å². The zero-order valence-electron chi connectivity index (χ0n) is 14.1. The number of rotatable bonds is 6. The molecule has 2 rings (SSSR count). The average molecular weight is 434 g/mol. The van der Waals surface area contributed by atoms with Gasteiger partial charge in [0.25, 0.3) is 0 Å². The van der Waals surface area contributed by atoms with Crippen molar-refractivity contribution in [3.05, 3.63) is 29.0 Å². The first-order chi connectivity index (χ1) is 10.7. The normalized spacial score (nSPS) is 14.9. The standard InChI is InChI=1S/C16H26N4O2.HI/c1-4-17-16(18-8-5-14-6-9-21-10-7-14)19-11-15-20-12(2)13(3)22-15;/h6H,4-5,7-11H2,1-3H3,(H2,17,18,19);1H. The minimum absolute atomic E-state index is 0. The second-order valence-corrected chi connectivity index (χ2v) is 5.31. The maximum Gasteiger partial charge on any atom is 0.216 e. The summed E-state index contributed by atoms with van der Waals surface area (Å²) in [7, 11) is 0. The molecule has 6 nitrogen and oxygen atoms in total. The van der Waals surface area contributed by atoms with Gasteiger partial charge in [0.15, 0.2) is 5.96 Å². The van der Waals surface area contributed by atoms with Crippen LogP contribution < -0.4 is 10.6 Å². The lowest BCUT2D eigenvalue weighted by Gasteiger charge is -2.15. The van der Waals surface area contributed by atoms with Gasteiger partial charge in [-0.05, 0) is 33.6 Å². The fourth-order valence-corrected chi connectivity index (χ4v) is 2.23. The van der Waals surface area contributed by atoms with Gasteiger partial charge in [0.05, 0.1) is 18.9 Å². The van der Waals surface area contributed by atoms with Crippen LogP contribution in [0.2, 0.25) is 0 Å². The zero-order valence-corrected chi connectivity index (χ0v) is 16.5. The summed E-state index contributed by atoms with van der Waals surface area (Å²) >= 11 is 0. The van der Waals surface area contributed by atoms with Gasteiger partial charge in [0.2, 0.25) is 5.89 Å². The topological polar surface area (TPSA) is 71.7 Å². The SMILES string of the molecule is CCNC(=NCc1nc(C)c(C)o1)NCCC1=CCOCC1.I. The van der Waals surface area contributed by atoms with Crippen molar-refractivity contribution in [2.75, 3.05) is 26.3 Å². The summed E-state index contributed by atoms with van der Waals surface area (Å²) in [5, 5.41) is 6.58. The van der Waals surface area contributed by atoms with E-state index in [9.17, 15) is 0 Å². The Kier molecular flexibility index (Phi) is 9.23. The van der Waals surface area contributed by atoms with E-state index in [4.69, 9.17) is 9.15 Å². The Morgan fingerprint density at radius 1 is 1.35 bits per heavy atom. The van der Waals surface area contributed by atoms with Gasteiger partial charge in [-0.25, -0.2) is 9.98 Å². The van der Waals surface area contributed by atoms with Gasteiger partial charge < -0.3 is 19.8 Å². The quantitative estimate of drug-likeness (QED) is 0.312. The van der Waals surface area contributed by atoms with E-state index in [1.807, 2.05) is 13.8 Å². The summed E-state index contributed by atoms with van der Waals surface area (Å²) in [6, 6.07) is 0. The van der Waals surface area contributed by atoms with E-state index < -0.39 is 0 Å². The maximum atomic E-state index is 5.55. The van der Waals surface area contributed by atoms with Crippen molar-refractivity contribution in [3.8, 4) is 0 Å². The number of hydrogen-bond acceptors (Lipinski definition) is 4. The lowest BCUT2D eigenvalue weighted by Crippen LogP contribution is -2.38. The Bertz CT molecular complexity index is 521. The van der Waals surface area contributed by atoms with E-state index >= 15 is 0 Å². The smallest absolute Gasteiger partial charge is 0.216 e. The summed E-state index contributed by atoms with van der Waals surface area (Å²) in [4.78, 5) is 8.86. The molecule has 0 aliphatic carbocycles. The molecular formula is C16H27IN4O2. The molecular weight excluding hydrogens is 407 g/mol. The molecule has 0 radical (unpaired) electrons. The highest BCUT2D eigenvalue weighted by Gasteiger charge is 2.06. The first-order valence-corrected chi connectivity index (χ1v) is 7.89. The van der Waals surface area contributed by atoms with E-state index in [0.29, 0.717) is 12.4 Å². The Hall–Kier alpha value is -1.09. The van der Waals surface area contributed by atoms with Crippen LogP contribution in [0.15, 0.2) is 21.1 Å². The first-order valence-electron chi connectivity index (χ1n) is 7.89. The second-order valence-electron chi connectivity index (χ2n) is 5.31. The third kappa shape index (κ3) is 6.90. The predicted octanol–water partition coefficient (Wildman–Crippen LogP) is 2.70. The number of nitrogens with zero attached hydrogens (tertiary/aromatic N) is 2. The number of guanidine groups is 1. The van der Waals surface area contributed by atoms with Crippen LogP contribution in [0.1, 0.15) is 37.1 Å². The van der Waals surface area contributed by atoms with Crippen molar-refractivity contribution in [1.82, 2.24) is 15.6 Å². The molecule has 1 aromatic rings. The summed E-state index contributed by atoms with van der Waals surface area (Å²) < 4.78 is 10.9. The van der Waals surface area contributed by atoms with E-state index in [-0.39, 0.29) is 24.0 Å². The predicted molar refractivity (Wildman–Crippen MR) is 102 cm³/mol. The molecule has 1 aliphatic heterocycles. The van der Waals surface area contributed by atoms with Crippen LogP contribution in [0.4, 0.5) is 0 Å². The molecule has 130 valence electrons. The van der Waals surface area contributed by atoms with E-state index in [1.165, 1.54) is 5.57 Å². The first kappa shape index (κ1) is 20.0. The number of aromatic nitrogens is 1. The van der Waals surface area contributed by atoms with Gasteiger partial charge in [0, 0.05) is 13.1 Å². The lowest BCUT2D eigenvalue weighted by atomic mass is 10.1. The van der Waals surface area contributed by atoms with Gasteiger partial charge in [-0.15, -0.1) is 24.0 Å². The number of halogens is 1. The van der Waals surface area contributed by atoms with Crippen LogP contribution >= 0.6 is 24.0 Å². The number of ether oxygens (including phenoxy) is 1. The lowest BCUT2D eigenvalue weighted by molar-refractivity contribution is 0.153. The molecule has 0 atom stereocenters. The van der Waals surface area contributed by atoms with E-state index in [2.05, 4.69) is 33.6 Å². The molecule has 0 aromatic carbocycles. The van der Waals surface area contributed by atoms with E-state index in [0.717, 1.165) is 56.6 Å². The van der Waals surface area contributed by atoms with Crippen LogP contribution in [0.5, 0.6) is 0 Å². The molecule has 0 amide bonds. The molecule has 0 fully saturated rings. The minimum atomic E-state index is 0. The van der Waals surface area contributed by atoms with Crippen LogP contribution in [0, 0.1) is 13.8 Å². The van der Waals surface area contributed by atoms with Crippen molar-refractivity contribution in [1.29, 1.82) is 0 Å². The molecule has 0 unspecified atom stereocenters. The van der Waals surface area contributed by atoms with Gasteiger partial charge in [-0.2, -0.15) is 0 Å². The molecule has 2 heterocycles. The monoisotopic (exact) mass is 434 g/mol. The fraction of sp³-hybridized carbons (Fsp3) is 0.625. The zero-order chi connectivity index (χ0) is 15.8. The Morgan fingerprint density at radius 2 is 2.17 bits per heavy atom. The molecule has 1 aliphatic rings. The highest BCUT2D eigenvalue weighted by molar-refractivity contribution is 14.0. The van der Waals surface area contributed by atoms with Crippen molar-refractivity contribution in [2.45, 2.75) is 40.2 Å². The highest BCUT2D eigenvalue weighted by atomic mass is 127. The van der Waals surface area contributed by atoms with Crippen molar-refractivity contribution in [3.63, 3.8) is 0 Å². The maximum absolute atomic E-state index is 5.55. The van der Waals surface area contributed by atoms with E-state index in [1.54, 1.807) is 0 Å². The second kappa shape index (κ2) is 10.6. The number of aliphatic imine (C=N–C) groups is 1. The summed E-state index contributed by atoms with van der Waals surface area (Å²) in [6.45, 7) is 9.62. The fourth-order valence-electron chi connectivity index (χ4n) is 2.23. The van der Waals surface area contributed by atoms with Crippen molar-refractivity contribution < 1.29 is 9.15 Å². The Balaban J connectivity index is 0.00000264. The van der Waals surface area contributed by atoms with Crippen molar-refractivity contribution in [2.24, 2.45) is 4.99 Å². The van der Waals surface area contributed by atoms with Crippen LogP contribution in [0.25, 0.3) is 0 Å². The van der Waals surface area contributed by atoms with Crippen LogP contribution in [-0.4, -0.2) is 37.2 Å². The Labute approximate surface area is 155 Å². The highest BCUT2D eigenvalue weighted by Crippen LogP contribution is 2.11. The molecule has 0 bridgehead atoms. The molecule has 0 saturated heterocycles. The number of nitrogens with one attached hydrogen (secondary N) is 2. The molecule has 2 N–H and O–H groups in total. The number of aryl methyl sites for hydroxylation is 2. The minimum Gasteiger partial charge on any atom is -0.444 e. The Morgan fingerprint density at radius 3 is 2.78 bits per heavy atom.